The Morgan fingerprint density at radius 1 is 1.28 bits per heavy atom. The number of hydrogen-bond donors (Lipinski definition) is 1. The first-order valence-corrected chi connectivity index (χ1v) is 7.78. The van der Waals surface area contributed by atoms with Crippen LogP contribution in [0.5, 0.6) is 0 Å². The van der Waals surface area contributed by atoms with E-state index in [1.165, 1.54) is 12.4 Å². The van der Waals surface area contributed by atoms with E-state index in [4.69, 9.17) is 0 Å². The van der Waals surface area contributed by atoms with Crippen LogP contribution in [-0.2, 0) is 6.18 Å². The molecule has 0 saturated carbocycles. The molecule has 25 heavy (non-hydrogen) atoms. The van der Waals surface area contributed by atoms with Gasteiger partial charge in [0.15, 0.2) is 0 Å². The van der Waals surface area contributed by atoms with E-state index in [9.17, 15) is 18.4 Å². The summed E-state index contributed by atoms with van der Waals surface area (Å²) in [5.74, 6) is 0.715. The summed E-state index contributed by atoms with van der Waals surface area (Å²) in [6.07, 6.45) is -2.17. The summed E-state index contributed by atoms with van der Waals surface area (Å²) in [4.78, 5) is 10.1. The first-order valence-electron chi connectivity index (χ1n) is 7.78. The molecule has 0 aliphatic carbocycles. The van der Waals surface area contributed by atoms with E-state index in [-0.39, 0.29) is 11.6 Å². The Balaban J connectivity index is 1.75. The summed E-state index contributed by atoms with van der Waals surface area (Å²) in [7, 11) is 0. The maximum absolute atomic E-state index is 12.8. The summed E-state index contributed by atoms with van der Waals surface area (Å²) < 4.78 is 38.4. The van der Waals surface area contributed by atoms with E-state index < -0.39 is 11.7 Å². The van der Waals surface area contributed by atoms with E-state index in [0.29, 0.717) is 24.6 Å². The van der Waals surface area contributed by atoms with Gasteiger partial charge in [-0.15, -0.1) is 0 Å². The maximum atomic E-state index is 12.8. The van der Waals surface area contributed by atoms with Gasteiger partial charge in [0, 0.05) is 30.9 Å². The second-order valence-electron chi connectivity index (χ2n) is 5.96. The zero-order chi connectivity index (χ0) is 18.0. The highest BCUT2D eigenvalue weighted by Gasteiger charge is 2.32. The third-order valence-corrected chi connectivity index (χ3v) is 4.13. The lowest BCUT2D eigenvalue weighted by molar-refractivity contribution is -0.137. The number of alkyl halides is 3. The van der Waals surface area contributed by atoms with Crippen LogP contribution in [0.1, 0.15) is 23.2 Å². The molecule has 0 amide bonds. The minimum Gasteiger partial charge on any atom is -0.368 e. The van der Waals surface area contributed by atoms with Gasteiger partial charge in [0.25, 0.3) is 0 Å². The standard InChI is InChI=1S/C17H16F3N5/c1-11-6-16(23-10-22-11)24-14-4-5-25(9-14)15-3-2-13(17(18,19)20)7-12(15)8-21/h2-3,6-7,10,14H,4-5,9H2,1H3,(H,22,23,24). The van der Waals surface area contributed by atoms with Crippen molar-refractivity contribution in [1.29, 1.82) is 5.26 Å². The molecule has 3 rings (SSSR count). The molecule has 8 heteroatoms. The molecule has 2 heterocycles. The number of benzene rings is 1. The Bertz CT molecular complexity index is 813. The number of aryl methyl sites for hydroxylation is 1. The summed E-state index contributed by atoms with van der Waals surface area (Å²) in [5.41, 5.74) is 0.604. The van der Waals surface area contributed by atoms with Crippen LogP contribution in [0, 0.1) is 18.3 Å². The predicted octanol–water partition coefficient (Wildman–Crippen LogP) is 3.37. The van der Waals surface area contributed by atoms with Crippen molar-refractivity contribution in [2.45, 2.75) is 25.6 Å². The Labute approximate surface area is 143 Å². The molecule has 1 aromatic carbocycles. The molecule has 1 N–H and O–H groups in total. The number of halogens is 3. The lowest BCUT2D eigenvalue weighted by atomic mass is 10.1. The van der Waals surface area contributed by atoms with Crippen LogP contribution in [0.15, 0.2) is 30.6 Å². The molecule has 130 valence electrons. The molecule has 0 bridgehead atoms. The van der Waals surface area contributed by atoms with E-state index >= 15 is 0 Å². The Kier molecular flexibility index (Phi) is 4.49. The molecule has 1 aliphatic heterocycles. The molecular formula is C17H16F3N5. The number of nitrogens with zero attached hydrogens (tertiary/aromatic N) is 4. The monoisotopic (exact) mass is 347 g/mol. The van der Waals surface area contributed by atoms with Gasteiger partial charge in [0.2, 0.25) is 0 Å². The molecular weight excluding hydrogens is 331 g/mol. The third kappa shape index (κ3) is 3.82. The maximum Gasteiger partial charge on any atom is 0.416 e. The molecule has 1 fully saturated rings. The number of rotatable bonds is 3. The Morgan fingerprint density at radius 3 is 2.76 bits per heavy atom. The van der Waals surface area contributed by atoms with Crippen LogP contribution >= 0.6 is 0 Å². The van der Waals surface area contributed by atoms with E-state index in [2.05, 4.69) is 15.3 Å². The summed E-state index contributed by atoms with van der Waals surface area (Å²) in [5, 5.41) is 12.5. The van der Waals surface area contributed by atoms with Crippen molar-refractivity contribution in [1.82, 2.24) is 9.97 Å². The van der Waals surface area contributed by atoms with Crippen LogP contribution in [0.4, 0.5) is 24.7 Å². The normalized spacial score (nSPS) is 17.4. The van der Waals surface area contributed by atoms with Gasteiger partial charge in [-0.25, -0.2) is 9.97 Å². The topological polar surface area (TPSA) is 64.8 Å². The van der Waals surface area contributed by atoms with E-state index in [1.54, 1.807) is 0 Å². The van der Waals surface area contributed by atoms with Crippen LogP contribution in [0.2, 0.25) is 0 Å². The Morgan fingerprint density at radius 2 is 2.08 bits per heavy atom. The second kappa shape index (κ2) is 6.59. The fourth-order valence-corrected chi connectivity index (χ4v) is 2.92. The van der Waals surface area contributed by atoms with Crippen molar-refractivity contribution in [2.24, 2.45) is 0 Å². The number of aromatic nitrogens is 2. The highest BCUT2D eigenvalue weighted by Crippen LogP contribution is 2.33. The average molecular weight is 347 g/mol. The van der Waals surface area contributed by atoms with Gasteiger partial charge < -0.3 is 10.2 Å². The molecule has 2 aromatic rings. The minimum atomic E-state index is -4.45. The molecule has 1 unspecified atom stereocenters. The van der Waals surface area contributed by atoms with Crippen LogP contribution in [0.25, 0.3) is 0 Å². The summed E-state index contributed by atoms with van der Waals surface area (Å²) in [6, 6.07) is 7.11. The van der Waals surface area contributed by atoms with E-state index in [1.807, 2.05) is 24.0 Å². The molecule has 0 radical (unpaired) electrons. The largest absolute Gasteiger partial charge is 0.416 e. The number of nitriles is 1. The van der Waals surface area contributed by atoms with Gasteiger partial charge in [-0.3, -0.25) is 0 Å². The Hall–Kier alpha value is -2.82. The van der Waals surface area contributed by atoms with Crippen molar-refractivity contribution in [3.8, 4) is 6.07 Å². The smallest absolute Gasteiger partial charge is 0.368 e. The van der Waals surface area contributed by atoms with Crippen molar-refractivity contribution in [3.63, 3.8) is 0 Å². The number of nitrogens with one attached hydrogen (secondary N) is 1. The molecule has 5 nitrogen and oxygen atoms in total. The predicted molar refractivity (Wildman–Crippen MR) is 87.2 cm³/mol. The van der Waals surface area contributed by atoms with Crippen molar-refractivity contribution >= 4 is 11.5 Å². The van der Waals surface area contributed by atoms with Gasteiger partial charge in [0.1, 0.15) is 18.2 Å². The summed E-state index contributed by atoms with van der Waals surface area (Å²) >= 11 is 0. The van der Waals surface area contributed by atoms with Gasteiger partial charge in [0.05, 0.1) is 16.8 Å². The number of anilines is 2. The van der Waals surface area contributed by atoms with E-state index in [0.717, 1.165) is 24.2 Å². The third-order valence-electron chi connectivity index (χ3n) is 4.13. The fraction of sp³-hybridized carbons (Fsp3) is 0.353. The van der Waals surface area contributed by atoms with Crippen molar-refractivity contribution in [3.05, 3.63) is 47.4 Å². The molecule has 0 spiro atoms. The fourth-order valence-electron chi connectivity index (χ4n) is 2.92. The van der Waals surface area contributed by atoms with Gasteiger partial charge in [-0.2, -0.15) is 18.4 Å². The molecule has 1 aliphatic rings. The van der Waals surface area contributed by atoms with Gasteiger partial charge in [-0.05, 0) is 31.5 Å². The summed E-state index contributed by atoms with van der Waals surface area (Å²) in [6.45, 7) is 3.11. The minimum absolute atomic E-state index is 0.0355. The quantitative estimate of drug-likeness (QED) is 0.922. The van der Waals surface area contributed by atoms with Crippen molar-refractivity contribution in [2.75, 3.05) is 23.3 Å². The van der Waals surface area contributed by atoms with Crippen LogP contribution < -0.4 is 10.2 Å². The number of hydrogen-bond acceptors (Lipinski definition) is 5. The lowest BCUT2D eigenvalue weighted by Crippen LogP contribution is -2.27. The first-order chi connectivity index (χ1) is 11.9. The first kappa shape index (κ1) is 17.0. The zero-order valence-electron chi connectivity index (χ0n) is 13.5. The highest BCUT2D eigenvalue weighted by atomic mass is 19.4. The molecule has 1 aromatic heterocycles. The van der Waals surface area contributed by atoms with Crippen LogP contribution in [0.3, 0.4) is 0 Å². The molecule has 1 saturated heterocycles. The zero-order valence-corrected chi connectivity index (χ0v) is 13.5. The van der Waals surface area contributed by atoms with Gasteiger partial charge >= 0.3 is 6.18 Å². The lowest BCUT2D eigenvalue weighted by Gasteiger charge is -2.21. The second-order valence-corrected chi connectivity index (χ2v) is 5.96. The van der Waals surface area contributed by atoms with Crippen molar-refractivity contribution < 1.29 is 13.2 Å². The SMILES string of the molecule is Cc1cc(NC2CCN(c3ccc(C(F)(F)F)cc3C#N)C2)ncn1. The average Bonchev–Trinajstić information content (AvgIpc) is 3.01. The van der Waals surface area contributed by atoms with Crippen LogP contribution in [-0.4, -0.2) is 29.1 Å². The highest BCUT2D eigenvalue weighted by molar-refractivity contribution is 5.61. The molecule has 1 atom stereocenters. The van der Waals surface area contributed by atoms with Gasteiger partial charge in [-0.1, -0.05) is 0 Å².